The first-order chi connectivity index (χ1) is 10.9. The van der Waals surface area contributed by atoms with Gasteiger partial charge in [0.1, 0.15) is 0 Å². The summed E-state index contributed by atoms with van der Waals surface area (Å²) in [5, 5.41) is 2.89. The third kappa shape index (κ3) is 2.77. The number of alkyl halides is 3. The van der Waals surface area contributed by atoms with Gasteiger partial charge in [-0.1, -0.05) is 18.2 Å². The third-order valence-corrected chi connectivity index (χ3v) is 3.45. The van der Waals surface area contributed by atoms with Gasteiger partial charge < -0.3 is 0 Å². The number of aromatic amines is 1. The van der Waals surface area contributed by atoms with Gasteiger partial charge in [-0.15, -0.1) is 0 Å². The number of nitrogens with zero attached hydrogens (tertiary/aromatic N) is 2. The molecule has 1 aromatic carbocycles. The number of hydrogen-bond acceptors (Lipinski definition) is 2. The largest absolute Gasteiger partial charge is 0.416 e. The third-order valence-electron chi connectivity index (χ3n) is 3.45. The Bertz CT molecular complexity index is 878. The van der Waals surface area contributed by atoms with Gasteiger partial charge in [-0.05, 0) is 36.8 Å². The summed E-state index contributed by atoms with van der Waals surface area (Å²) in [6.07, 6.45) is -2.85. The summed E-state index contributed by atoms with van der Waals surface area (Å²) < 4.78 is 39.1. The normalized spacial score (nSPS) is 11.7. The van der Waals surface area contributed by atoms with E-state index in [4.69, 9.17) is 0 Å². The number of nitrogens with one attached hydrogen (secondary N) is 1. The Labute approximate surface area is 129 Å². The second kappa shape index (κ2) is 5.42. The highest BCUT2D eigenvalue weighted by Crippen LogP contribution is 2.30. The van der Waals surface area contributed by atoms with E-state index in [0.29, 0.717) is 22.6 Å². The molecule has 0 atom stereocenters. The van der Waals surface area contributed by atoms with Crippen LogP contribution in [0.25, 0.3) is 16.9 Å². The Hall–Kier alpha value is -2.83. The second-order valence-corrected chi connectivity index (χ2v) is 5.02. The van der Waals surface area contributed by atoms with Crippen LogP contribution in [-0.2, 0) is 6.18 Å². The zero-order valence-corrected chi connectivity index (χ0v) is 12.1. The molecule has 0 aliphatic rings. The topological polar surface area (TPSA) is 50.7 Å². The molecule has 1 N–H and O–H groups in total. The lowest BCUT2D eigenvalue weighted by atomic mass is 10.0. The van der Waals surface area contributed by atoms with Crippen LogP contribution in [0.2, 0.25) is 0 Å². The number of H-pyrrole nitrogens is 1. The van der Waals surface area contributed by atoms with E-state index in [1.165, 1.54) is 16.8 Å². The van der Waals surface area contributed by atoms with Gasteiger partial charge in [-0.25, -0.2) is 9.67 Å². The number of aromatic nitrogens is 3. The fourth-order valence-corrected chi connectivity index (χ4v) is 2.36. The van der Waals surface area contributed by atoms with Crippen LogP contribution < -0.4 is 5.56 Å². The first-order valence-corrected chi connectivity index (χ1v) is 6.78. The van der Waals surface area contributed by atoms with Crippen LogP contribution in [0.3, 0.4) is 0 Å². The van der Waals surface area contributed by atoms with Crippen molar-refractivity contribution in [3.05, 3.63) is 70.3 Å². The summed E-state index contributed by atoms with van der Waals surface area (Å²) in [5.41, 5.74) is 0.191. The van der Waals surface area contributed by atoms with E-state index in [-0.39, 0.29) is 5.56 Å². The lowest BCUT2D eigenvalue weighted by Gasteiger charge is -2.06. The van der Waals surface area contributed by atoms with Crippen molar-refractivity contribution >= 4 is 0 Å². The van der Waals surface area contributed by atoms with Crippen LogP contribution >= 0.6 is 0 Å². The molecule has 0 aliphatic carbocycles. The molecular weight excluding hydrogens is 307 g/mol. The van der Waals surface area contributed by atoms with Crippen molar-refractivity contribution < 1.29 is 13.2 Å². The molecule has 0 bridgehead atoms. The van der Waals surface area contributed by atoms with E-state index in [2.05, 4.69) is 10.1 Å². The van der Waals surface area contributed by atoms with E-state index >= 15 is 0 Å². The zero-order valence-electron chi connectivity index (χ0n) is 12.1. The zero-order chi connectivity index (χ0) is 16.6. The van der Waals surface area contributed by atoms with Gasteiger partial charge in [-0.3, -0.25) is 9.89 Å². The van der Waals surface area contributed by atoms with Crippen LogP contribution in [-0.4, -0.2) is 14.8 Å². The minimum Gasteiger partial charge on any atom is -0.293 e. The lowest BCUT2D eigenvalue weighted by molar-refractivity contribution is -0.137. The molecule has 4 nitrogen and oxygen atoms in total. The molecule has 0 radical (unpaired) electrons. The van der Waals surface area contributed by atoms with Crippen LogP contribution in [0.5, 0.6) is 0 Å². The molecule has 23 heavy (non-hydrogen) atoms. The van der Waals surface area contributed by atoms with Gasteiger partial charge in [0.2, 0.25) is 0 Å². The highest BCUT2D eigenvalue weighted by molar-refractivity contribution is 5.65. The summed E-state index contributed by atoms with van der Waals surface area (Å²) in [6, 6.07) is 9.64. The van der Waals surface area contributed by atoms with Crippen LogP contribution in [0.4, 0.5) is 13.2 Å². The quantitative estimate of drug-likeness (QED) is 0.785. The summed E-state index contributed by atoms with van der Waals surface area (Å²) >= 11 is 0. The molecule has 2 heterocycles. The fraction of sp³-hybridized carbons (Fsp3) is 0.125. The molecule has 2 aromatic heterocycles. The van der Waals surface area contributed by atoms with Gasteiger partial charge in [0.25, 0.3) is 5.56 Å². The first-order valence-electron chi connectivity index (χ1n) is 6.78. The molecule has 7 heteroatoms. The highest BCUT2D eigenvalue weighted by Gasteiger charge is 2.30. The van der Waals surface area contributed by atoms with Crippen molar-refractivity contribution in [1.29, 1.82) is 0 Å². The van der Waals surface area contributed by atoms with E-state index in [1.54, 1.807) is 31.3 Å². The molecule has 3 rings (SSSR count). The van der Waals surface area contributed by atoms with Gasteiger partial charge in [-0.2, -0.15) is 13.2 Å². The monoisotopic (exact) mass is 319 g/mol. The fourth-order valence-electron chi connectivity index (χ4n) is 2.36. The molecule has 0 spiro atoms. The molecule has 0 saturated heterocycles. The van der Waals surface area contributed by atoms with Crippen LogP contribution in [0.15, 0.2) is 53.5 Å². The van der Waals surface area contributed by atoms with Crippen molar-refractivity contribution in [1.82, 2.24) is 14.8 Å². The number of rotatable bonds is 2. The molecule has 0 fully saturated rings. The van der Waals surface area contributed by atoms with Crippen molar-refractivity contribution in [3.8, 4) is 16.9 Å². The van der Waals surface area contributed by atoms with E-state index < -0.39 is 11.7 Å². The minimum absolute atomic E-state index is 0.323. The highest BCUT2D eigenvalue weighted by atomic mass is 19.4. The smallest absolute Gasteiger partial charge is 0.293 e. The average Bonchev–Trinajstić information content (AvgIpc) is 2.82. The Balaban J connectivity index is 2.08. The standard InChI is InChI=1S/C16H12F3N3O/c1-10-14(11-5-7-12(8-6-11)16(17,18)19)15(23)22(21-10)13-4-2-3-9-20-13/h2-9,21H,1H3. The maximum atomic E-state index is 12.6. The maximum absolute atomic E-state index is 12.6. The Morgan fingerprint density at radius 1 is 1.09 bits per heavy atom. The Morgan fingerprint density at radius 3 is 2.35 bits per heavy atom. The van der Waals surface area contributed by atoms with Gasteiger partial charge in [0.05, 0.1) is 11.1 Å². The number of benzene rings is 1. The number of pyridine rings is 1. The second-order valence-electron chi connectivity index (χ2n) is 5.02. The first kappa shape index (κ1) is 15.1. The van der Waals surface area contributed by atoms with Crippen molar-refractivity contribution in [3.63, 3.8) is 0 Å². The average molecular weight is 319 g/mol. The summed E-state index contributed by atoms with van der Waals surface area (Å²) in [4.78, 5) is 16.6. The molecule has 0 saturated carbocycles. The number of halogens is 3. The summed E-state index contributed by atoms with van der Waals surface area (Å²) in [5.74, 6) is 0.416. The Kier molecular flexibility index (Phi) is 3.55. The maximum Gasteiger partial charge on any atom is 0.416 e. The summed E-state index contributed by atoms with van der Waals surface area (Å²) in [6.45, 7) is 1.69. The summed E-state index contributed by atoms with van der Waals surface area (Å²) in [7, 11) is 0. The minimum atomic E-state index is -4.40. The number of aryl methyl sites for hydroxylation is 1. The lowest BCUT2D eigenvalue weighted by Crippen LogP contribution is -2.16. The molecule has 0 aliphatic heterocycles. The molecule has 0 unspecified atom stereocenters. The van der Waals surface area contributed by atoms with E-state index in [9.17, 15) is 18.0 Å². The SMILES string of the molecule is Cc1[nH]n(-c2ccccn2)c(=O)c1-c1ccc(C(F)(F)F)cc1. The number of hydrogen-bond donors (Lipinski definition) is 1. The molecule has 3 aromatic rings. The van der Waals surface area contributed by atoms with E-state index in [0.717, 1.165) is 12.1 Å². The van der Waals surface area contributed by atoms with Gasteiger partial charge in [0.15, 0.2) is 5.82 Å². The molecule has 118 valence electrons. The van der Waals surface area contributed by atoms with Crippen LogP contribution in [0.1, 0.15) is 11.3 Å². The Morgan fingerprint density at radius 2 is 1.78 bits per heavy atom. The molecule has 0 amide bonds. The van der Waals surface area contributed by atoms with Crippen molar-refractivity contribution in [2.24, 2.45) is 0 Å². The predicted octanol–water partition coefficient (Wildman–Crippen LogP) is 3.55. The van der Waals surface area contributed by atoms with Crippen LogP contribution in [0, 0.1) is 6.92 Å². The predicted molar refractivity (Wildman–Crippen MR) is 79.4 cm³/mol. The van der Waals surface area contributed by atoms with Gasteiger partial charge in [0, 0.05) is 11.9 Å². The molecular formula is C16H12F3N3O. The van der Waals surface area contributed by atoms with E-state index in [1.807, 2.05) is 0 Å². The van der Waals surface area contributed by atoms with Gasteiger partial charge >= 0.3 is 6.18 Å². The van der Waals surface area contributed by atoms with Crippen molar-refractivity contribution in [2.75, 3.05) is 0 Å². The van der Waals surface area contributed by atoms with Crippen molar-refractivity contribution in [2.45, 2.75) is 13.1 Å².